The molecule has 0 fully saturated rings. The Kier molecular flexibility index (Phi) is 1.79. The second-order valence-corrected chi connectivity index (χ2v) is 3.09. The number of aryl methyl sites for hydroxylation is 1. The van der Waals surface area contributed by atoms with E-state index < -0.39 is 6.23 Å². The second kappa shape index (κ2) is 2.83. The van der Waals surface area contributed by atoms with Crippen molar-refractivity contribution in [3.8, 4) is 0 Å². The van der Waals surface area contributed by atoms with Crippen LogP contribution in [-0.4, -0.2) is 11.0 Å². The van der Waals surface area contributed by atoms with Gasteiger partial charge in [-0.15, -0.1) is 0 Å². The summed E-state index contributed by atoms with van der Waals surface area (Å²) in [6.07, 6.45) is -0.812. The summed E-state index contributed by atoms with van der Waals surface area (Å²) in [7, 11) is 0. The predicted octanol–water partition coefficient (Wildman–Crippen LogP) is 0.234. The number of rotatable bonds is 0. The maximum absolute atomic E-state index is 11.3. The van der Waals surface area contributed by atoms with E-state index in [9.17, 15) is 9.90 Å². The Bertz CT molecular complexity index is 363. The molecule has 1 amide bonds. The lowest BCUT2D eigenvalue weighted by Crippen LogP contribution is -2.45. The lowest BCUT2D eigenvalue weighted by molar-refractivity contribution is 0.0729. The zero-order valence-electron chi connectivity index (χ0n) is 7.16. The minimum Gasteiger partial charge on any atom is -0.373 e. The summed E-state index contributed by atoms with van der Waals surface area (Å²) < 4.78 is 0. The molecule has 0 saturated heterocycles. The van der Waals surface area contributed by atoms with Crippen molar-refractivity contribution in [2.75, 3.05) is 0 Å². The normalized spacial score (nSPS) is 20.8. The van der Waals surface area contributed by atoms with Crippen LogP contribution in [0.1, 0.15) is 27.7 Å². The van der Waals surface area contributed by atoms with Crippen LogP contribution in [0.2, 0.25) is 0 Å². The maximum atomic E-state index is 11.3. The number of carbonyl (C=O) groups is 1. The first-order valence-electron chi connectivity index (χ1n) is 4.03. The van der Waals surface area contributed by atoms with Crippen molar-refractivity contribution in [2.45, 2.75) is 13.2 Å². The molecule has 1 unspecified atom stereocenters. The van der Waals surface area contributed by atoms with Crippen molar-refractivity contribution in [2.24, 2.45) is 0 Å². The Balaban J connectivity index is 2.57. The molecule has 1 aliphatic rings. The van der Waals surface area contributed by atoms with E-state index in [1.54, 1.807) is 12.1 Å². The Morgan fingerprint density at radius 2 is 2.23 bits per heavy atom. The van der Waals surface area contributed by atoms with Gasteiger partial charge >= 0.3 is 0 Å². The third-order valence-electron chi connectivity index (χ3n) is 2.07. The first-order chi connectivity index (χ1) is 6.18. The topological polar surface area (TPSA) is 61.4 Å². The van der Waals surface area contributed by atoms with Gasteiger partial charge in [0.2, 0.25) is 0 Å². The number of carbonyl (C=O) groups excluding carboxylic acids is 1. The van der Waals surface area contributed by atoms with Crippen LogP contribution in [0, 0.1) is 6.92 Å². The van der Waals surface area contributed by atoms with E-state index in [1.807, 2.05) is 13.0 Å². The molecule has 4 heteroatoms. The van der Waals surface area contributed by atoms with Crippen molar-refractivity contribution in [3.05, 3.63) is 34.9 Å². The van der Waals surface area contributed by atoms with E-state index in [0.29, 0.717) is 11.1 Å². The molecule has 0 bridgehead atoms. The molecule has 3 N–H and O–H groups in total. The lowest BCUT2D eigenvalue weighted by Gasteiger charge is -2.22. The van der Waals surface area contributed by atoms with Crippen LogP contribution >= 0.6 is 0 Å². The molecule has 68 valence electrons. The first kappa shape index (κ1) is 8.22. The number of benzene rings is 1. The van der Waals surface area contributed by atoms with Gasteiger partial charge in [0.25, 0.3) is 5.91 Å². The standard InChI is InChI=1S/C9H10N2O2/c1-5-2-3-6-7(4-5)9(13)11-10-8(6)12/h2-4,8,10,12H,1H3,(H,11,13). The van der Waals surface area contributed by atoms with Gasteiger partial charge in [-0.05, 0) is 13.0 Å². The summed E-state index contributed by atoms with van der Waals surface area (Å²) in [5.74, 6) is -0.205. The molecule has 0 aliphatic carbocycles. The predicted molar refractivity (Wildman–Crippen MR) is 46.7 cm³/mol. The summed E-state index contributed by atoms with van der Waals surface area (Å²) in [6, 6.07) is 5.37. The van der Waals surface area contributed by atoms with Crippen LogP contribution in [0.25, 0.3) is 0 Å². The van der Waals surface area contributed by atoms with Gasteiger partial charge in [0, 0.05) is 11.1 Å². The van der Waals surface area contributed by atoms with E-state index in [0.717, 1.165) is 5.56 Å². The Morgan fingerprint density at radius 3 is 3.00 bits per heavy atom. The Labute approximate surface area is 75.5 Å². The van der Waals surface area contributed by atoms with Gasteiger partial charge in [0.1, 0.15) is 6.23 Å². The van der Waals surface area contributed by atoms with Crippen molar-refractivity contribution < 1.29 is 9.90 Å². The molecule has 13 heavy (non-hydrogen) atoms. The highest BCUT2D eigenvalue weighted by Crippen LogP contribution is 2.19. The van der Waals surface area contributed by atoms with Crippen LogP contribution in [0.4, 0.5) is 0 Å². The average Bonchev–Trinajstić information content (AvgIpc) is 2.12. The number of hydrogen-bond donors (Lipinski definition) is 3. The third-order valence-corrected chi connectivity index (χ3v) is 2.07. The number of hydrazine groups is 1. The van der Waals surface area contributed by atoms with E-state index >= 15 is 0 Å². The molecular formula is C9H10N2O2. The molecule has 1 heterocycles. The van der Waals surface area contributed by atoms with Gasteiger partial charge in [-0.2, -0.15) is 0 Å². The van der Waals surface area contributed by atoms with Crippen LogP contribution in [-0.2, 0) is 0 Å². The molecule has 0 radical (unpaired) electrons. The molecular weight excluding hydrogens is 168 g/mol. The minimum atomic E-state index is -0.812. The van der Waals surface area contributed by atoms with E-state index in [2.05, 4.69) is 10.9 Å². The number of hydrogen-bond acceptors (Lipinski definition) is 3. The highest BCUT2D eigenvalue weighted by Gasteiger charge is 2.22. The zero-order valence-corrected chi connectivity index (χ0v) is 7.16. The molecule has 1 atom stereocenters. The largest absolute Gasteiger partial charge is 0.373 e. The fourth-order valence-electron chi connectivity index (χ4n) is 1.38. The highest BCUT2D eigenvalue weighted by molar-refractivity contribution is 5.96. The van der Waals surface area contributed by atoms with Gasteiger partial charge in [-0.1, -0.05) is 17.7 Å². The van der Waals surface area contributed by atoms with Crippen molar-refractivity contribution in [1.29, 1.82) is 0 Å². The van der Waals surface area contributed by atoms with Crippen LogP contribution < -0.4 is 10.9 Å². The number of nitrogens with one attached hydrogen (secondary N) is 2. The molecule has 1 aromatic rings. The summed E-state index contributed by atoms with van der Waals surface area (Å²) >= 11 is 0. The average molecular weight is 178 g/mol. The summed E-state index contributed by atoms with van der Waals surface area (Å²) in [6.45, 7) is 1.90. The number of amides is 1. The van der Waals surface area contributed by atoms with Gasteiger partial charge < -0.3 is 5.11 Å². The fourth-order valence-corrected chi connectivity index (χ4v) is 1.38. The number of aliphatic hydroxyl groups is 1. The third kappa shape index (κ3) is 1.30. The van der Waals surface area contributed by atoms with Crippen molar-refractivity contribution >= 4 is 5.91 Å². The summed E-state index contributed by atoms with van der Waals surface area (Å²) in [4.78, 5) is 11.3. The number of fused-ring (bicyclic) bond motifs is 1. The Hall–Kier alpha value is -1.39. The van der Waals surface area contributed by atoms with Gasteiger partial charge in [-0.25, -0.2) is 5.43 Å². The molecule has 1 aromatic carbocycles. The van der Waals surface area contributed by atoms with Crippen LogP contribution in [0.5, 0.6) is 0 Å². The molecule has 0 spiro atoms. The summed E-state index contributed by atoms with van der Waals surface area (Å²) in [5, 5.41) is 9.44. The van der Waals surface area contributed by atoms with E-state index in [1.165, 1.54) is 0 Å². The zero-order chi connectivity index (χ0) is 9.42. The monoisotopic (exact) mass is 178 g/mol. The lowest BCUT2D eigenvalue weighted by atomic mass is 10.0. The van der Waals surface area contributed by atoms with Gasteiger partial charge in [0.15, 0.2) is 0 Å². The molecule has 2 rings (SSSR count). The van der Waals surface area contributed by atoms with Crippen molar-refractivity contribution in [1.82, 2.24) is 10.9 Å². The van der Waals surface area contributed by atoms with Gasteiger partial charge in [0.05, 0.1) is 0 Å². The quantitative estimate of drug-likeness (QED) is 0.533. The number of aliphatic hydroxyl groups excluding tert-OH is 1. The second-order valence-electron chi connectivity index (χ2n) is 3.09. The highest BCUT2D eigenvalue weighted by atomic mass is 16.3. The molecule has 0 saturated carbocycles. The van der Waals surface area contributed by atoms with Crippen molar-refractivity contribution in [3.63, 3.8) is 0 Å². The van der Waals surface area contributed by atoms with Gasteiger partial charge in [-0.3, -0.25) is 10.2 Å². The van der Waals surface area contributed by atoms with E-state index in [4.69, 9.17) is 0 Å². The first-order valence-corrected chi connectivity index (χ1v) is 4.03. The minimum absolute atomic E-state index is 0.205. The smallest absolute Gasteiger partial charge is 0.265 e. The SMILES string of the molecule is Cc1ccc2c(c1)C(=O)NNC2O. The Morgan fingerprint density at radius 1 is 1.46 bits per heavy atom. The van der Waals surface area contributed by atoms with Crippen LogP contribution in [0.15, 0.2) is 18.2 Å². The fraction of sp³-hybridized carbons (Fsp3) is 0.222. The molecule has 0 aromatic heterocycles. The van der Waals surface area contributed by atoms with E-state index in [-0.39, 0.29) is 5.91 Å². The summed E-state index contributed by atoms with van der Waals surface area (Å²) in [5.41, 5.74) is 7.00. The van der Waals surface area contributed by atoms with Crippen LogP contribution in [0.3, 0.4) is 0 Å². The molecule has 4 nitrogen and oxygen atoms in total. The molecule has 1 aliphatic heterocycles. The maximum Gasteiger partial charge on any atom is 0.265 e.